The molecule has 1 aliphatic carbocycles. The quantitative estimate of drug-likeness (QED) is 0.456. The van der Waals surface area contributed by atoms with Crippen molar-refractivity contribution in [3.63, 3.8) is 0 Å². The summed E-state index contributed by atoms with van der Waals surface area (Å²) in [5, 5.41) is 10.7. The summed E-state index contributed by atoms with van der Waals surface area (Å²) in [6.07, 6.45) is -0.848. The maximum absolute atomic E-state index is 12.4. The van der Waals surface area contributed by atoms with E-state index in [2.05, 4.69) is 10.3 Å². The van der Waals surface area contributed by atoms with Crippen LogP contribution in [0.5, 0.6) is 0 Å². The monoisotopic (exact) mass is 462 g/mol. The molecule has 152 valence electrons. The number of benzene rings is 2. The maximum atomic E-state index is 12.4. The number of amides is 1. The lowest BCUT2D eigenvalue weighted by Gasteiger charge is -2.16. The molecule has 1 heterocycles. The van der Waals surface area contributed by atoms with Gasteiger partial charge in [-0.25, -0.2) is 14.6 Å². The van der Waals surface area contributed by atoms with Gasteiger partial charge in [-0.15, -0.1) is 0 Å². The number of anilines is 1. The average Bonchev–Trinajstić information content (AvgIpc) is 3.06. The first kappa shape index (κ1) is 20.5. The Morgan fingerprint density at radius 1 is 0.967 bits per heavy atom. The van der Waals surface area contributed by atoms with Crippen molar-refractivity contribution in [3.05, 3.63) is 80.6 Å². The average molecular weight is 464 g/mol. The van der Waals surface area contributed by atoms with Gasteiger partial charge in [-0.05, 0) is 22.3 Å². The van der Waals surface area contributed by atoms with Gasteiger partial charge < -0.3 is 9.84 Å². The Labute approximate surface area is 186 Å². The summed E-state index contributed by atoms with van der Waals surface area (Å²) in [5.74, 6) is -1.54. The second-order valence-electron chi connectivity index (χ2n) is 6.51. The van der Waals surface area contributed by atoms with E-state index in [-0.39, 0.29) is 33.4 Å². The first-order valence-electron chi connectivity index (χ1n) is 8.78. The van der Waals surface area contributed by atoms with E-state index in [1.165, 1.54) is 0 Å². The van der Waals surface area contributed by atoms with E-state index in [0.717, 1.165) is 22.3 Å². The van der Waals surface area contributed by atoms with Crippen molar-refractivity contribution in [2.45, 2.75) is 5.92 Å². The van der Waals surface area contributed by atoms with Gasteiger partial charge in [0.15, 0.2) is 10.8 Å². The lowest BCUT2D eigenvalue weighted by Crippen LogP contribution is -2.19. The Bertz CT molecular complexity index is 1140. The zero-order valence-corrected chi connectivity index (χ0v) is 17.4. The smallest absolute Gasteiger partial charge is 0.411 e. The fourth-order valence-electron chi connectivity index (χ4n) is 3.50. The van der Waals surface area contributed by atoms with Crippen molar-refractivity contribution >= 4 is 52.6 Å². The normalized spacial score (nSPS) is 12.2. The van der Waals surface area contributed by atoms with Crippen LogP contribution in [-0.4, -0.2) is 28.8 Å². The van der Waals surface area contributed by atoms with Gasteiger partial charge in [0, 0.05) is 5.92 Å². The molecule has 0 fully saturated rings. The van der Waals surface area contributed by atoms with Gasteiger partial charge in [-0.1, -0.05) is 83.3 Å². The molecule has 9 heteroatoms. The minimum Gasteiger partial charge on any atom is -0.476 e. The predicted octanol–water partition coefficient (Wildman–Crippen LogP) is 6.10. The summed E-state index contributed by atoms with van der Waals surface area (Å²) in [6.45, 7) is 0.0691. The van der Waals surface area contributed by atoms with E-state index in [1.54, 1.807) is 0 Å². The highest BCUT2D eigenvalue weighted by atomic mass is 35.5. The number of aromatic nitrogens is 1. The van der Waals surface area contributed by atoms with Crippen LogP contribution in [0.3, 0.4) is 0 Å². The second-order valence-corrected chi connectivity index (χ2v) is 7.62. The molecular weight excluding hydrogens is 451 g/mol. The van der Waals surface area contributed by atoms with Crippen LogP contribution in [0.4, 0.5) is 10.5 Å². The van der Waals surface area contributed by atoms with E-state index in [4.69, 9.17) is 39.5 Å². The minimum atomic E-state index is -1.41. The van der Waals surface area contributed by atoms with E-state index in [0.29, 0.717) is 0 Å². The number of carboxylic acid groups (broad SMARTS) is 1. The van der Waals surface area contributed by atoms with Crippen LogP contribution in [0.25, 0.3) is 11.1 Å². The van der Waals surface area contributed by atoms with Crippen LogP contribution in [0.15, 0.2) is 48.5 Å². The molecule has 0 bridgehead atoms. The van der Waals surface area contributed by atoms with E-state index < -0.39 is 17.8 Å². The van der Waals surface area contributed by atoms with E-state index >= 15 is 0 Å². The SMILES string of the molecule is O=C(Nc1c(Cl)c(Cl)nc(C(=O)O)c1Cl)OCC1c2ccccc2-c2ccccc21. The number of aromatic carboxylic acids is 1. The van der Waals surface area contributed by atoms with E-state index in [1.807, 2.05) is 48.5 Å². The third-order valence-corrected chi connectivity index (χ3v) is 5.92. The van der Waals surface area contributed by atoms with Gasteiger partial charge >= 0.3 is 12.1 Å². The second kappa shape index (κ2) is 8.14. The number of carbonyl (C=O) groups is 2. The summed E-state index contributed by atoms with van der Waals surface area (Å²) in [4.78, 5) is 27.3. The van der Waals surface area contributed by atoms with Crippen molar-refractivity contribution in [1.82, 2.24) is 4.98 Å². The fourth-order valence-corrected chi connectivity index (χ4v) is 4.18. The first-order valence-corrected chi connectivity index (χ1v) is 9.91. The Kier molecular flexibility index (Phi) is 5.56. The van der Waals surface area contributed by atoms with Crippen LogP contribution >= 0.6 is 34.8 Å². The molecule has 4 rings (SSSR count). The molecule has 0 spiro atoms. The highest BCUT2D eigenvalue weighted by Gasteiger charge is 2.29. The predicted molar refractivity (Wildman–Crippen MR) is 115 cm³/mol. The molecule has 3 aromatic rings. The van der Waals surface area contributed by atoms with Crippen molar-refractivity contribution in [2.24, 2.45) is 0 Å². The third kappa shape index (κ3) is 3.58. The van der Waals surface area contributed by atoms with Crippen LogP contribution in [-0.2, 0) is 4.74 Å². The van der Waals surface area contributed by atoms with Gasteiger partial charge in [-0.2, -0.15) is 0 Å². The number of nitrogens with one attached hydrogen (secondary N) is 1. The molecule has 1 amide bonds. The summed E-state index contributed by atoms with van der Waals surface area (Å²) in [7, 11) is 0. The topological polar surface area (TPSA) is 88.5 Å². The zero-order chi connectivity index (χ0) is 21.4. The van der Waals surface area contributed by atoms with Gasteiger partial charge in [0.1, 0.15) is 11.6 Å². The molecule has 0 radical (unpaired) electrons. The van der Waals surface area contributed by atoms with Crippen molar-refractivity contribution in [2.75, 3.05) is 11.9 Å². The van der Waals surface area contributed by atoms with Crippen LogP contribution in [0, 0.1) is 0 Å². The summed E-state index contributed by atoms with van der Waals surface area (Å²) in [5.41, 5.74) is 3.61. The molecule has 0 saturated heterocycles. The highest BCUT2D eigenvalue weighted by molar-refractivity contribution is 6.46. The van der Waals surface area contributed by atoms with Crippen molar-refractivity contribution in [1.29, 1.82) is 0 Å². The van der Waals surface area contributed by atoms with Gasteiger partial charge in [0.2, 0.25) is 0 Å². The zero-order valence-electron chi connectivity index (χ0n) is 15.2. The number of nitrogens with zero attached hydrogens (tertiary/aromatic N) is 1. The van der Waals surface area contributed by atoms with Gasteiger partial charge in [0.25, 0.3) is 0 Å². The lowest BCUT2D eigenvalue weighted by atomic mass is 9.98. The number of hydrogen-bond acceptors (Lipinski definition) is 4. The molecule has 2 N–H and O–H groups in total. The van der Waals surface area contributed by atoms with Crippen LogP contribution in [0.1, 0.15) is 27.5 Å². The standard InChI is InChI=1S/C21H13Cl3N2O4/c22-15-17(16(23)19(24)25-18(15)20(27)28)26-21(29)30-9-14-12-7-3-1-5-10(12)11-6-2-4-8-13(11)14/h1-8,14H,9H2,(H,27,28)(H,25,26,29). The fraction of sp³-hybridized carbons (Fsp3) is 0.0952. The first-order chi connectivity index (χ1) is 14.4. The van der Waals surface area contributed by atoms with E-state index in [9.17, 15) is 14.7 Å². The summed E-state index contributed by atoms with van der Waals surface area (Å²) < 4.78 is 5.42. The third-order valence-electron chi connectivity index (χ3n) is 4.81. The Morgan fingerprint density at radius 3 is 2.10 bits per heavy atom. The van der Waals surface area contributed by atoms with Gasteiger partial charge in [0.05, 0.1) is 10.7 Å². The van der Waals surface area contributed by atoms with Crippen LogP contribution in [0.2, 0.25) is 15.2 Å². The Hall–Kier alpha value is -2.80. The number of ether oxygens (including phenoxy) is 1. The number of carboxylic acids is 1. The molecule has 1 aliphatic rings. The van der Waals surface area contributed by atoms with Crippen LogP contribution < -0.4 is 5.32 Å². The van der Waals surface area contributed by atoms with Crippen molar-refractivity contribution < 1.29 is 19.4 Å². The number of fused-ring (bicyclic) bond motifs is 3. The number of halogens is 3. The molecule has 0 unspecified atom stereocenters. The summed E-state index contributed by atoms with van der Waals surface area (Å²) in [6, 6.07) is 15.8. The molecule has 0 atom stereocenters. The highest BCUT2D eigenvalue weighted by Crippen LogP contribution is 2.44. The number of hydrogen-bond donors (Lipinski definition) is 2. The molecule has 0 saturated carbocycles. The van der Waals surface area contributed by atoms with Crippen molar-refractivity contribution in [3.8, 4) is 11.1 Å². The lowest BCUT2D eigenvalue weighted by molar-refractivity contribution is 0.0690. The molecule has 1 aromatic heterocycles. The number of carbonyl (C=O) groups excluding carboxylic acids is 1. The molecule has 6 nitrogen and oxygen atoms in total. The number of rotatable bonds is 4. The Morgan fingerprint density at radius 2 is 1.53 bits per heavy atom. The molecular formula is C21H13Cl3N2O4. The Balaban J connectivity index is 1.55. The minimum absolute atomic E-state index is 0.0691. The maximum Gasteiger partial charge on any atom is 0.411 e. The van der Waals surface area contributed by atoms with Gasteiger partial charge in [-0.3, -0.25) is 5.32 Å². The molecule has 0 aliphatic heterocycles. The largest absolute Gasteiger partial charge is 0.476 e. The number of pyridine rings is 1. The molecule has 2 aromatic carbocycles. The summed E-state index contributed by atoms with van der Waals surface area (Å²) >= 11 is 17.9. The molecule has 30 heavy (non-hydrogen) atoms.